The van der Waals surface area contributed by atoms with Crippen LogP contribution in [0.1, 0.15) is 10.4 Å². The molecule has 5 rings (SSSR count). The van der Waals surface area contributed by atoms with Gasteiger partial charge in [0.2, 0.25) is 0 Å². The minimum atomic E-state index is -0.218. The molecule has 0 aliphatic carbocycles. The maximum atomic E-state index is 12.7. The van der Waals surface area contributed by atoms with Crippen LogP contribution < -0.4 is 5.32 Å². The summed E-state index contributed by atoms with van der Waals surface area (Å²) in [6.07, 6.45) is 8.90. The Balaban J connectivity index is 1.45. The molecule has 0 saturated heterocycles. The number of aryl methyl sites for hydroxylation is 2. The van der Waals surface area contributed by atoms with Crippen LogP contribution in [0.25, 0.3) is 32.9 Å². The molecule has 1 amide bonds. The summed E-state index contributed by atoms with van der Waals surface area (Å²) in [5.41, 5.74) is 3.27. The summed E-state index contributed by atoms with van der Waals surface area (Å²) < 4.78 is 3.51. The number of nitrogens with one attached hydrogen (secondary N) is 1. The van der Waals surface area contributed by atoms with E-state index in [0.29, 0.717) is 11.4 Å². The second-order valence-electron chi connectivity index (χ2n) is 6.88. The topological polar surface area (TPSA) is 90.5 Å². The Morgan fingerprint density at radius 1 is 0.897 bits per heavy atom. The number of pyridine rings is 2. The van der Waals surface area contributed by atoms with Gasteiger partial charge in [-0.1, -0.05) is 0 Å². The first kappa shape index (κ1) is 17.1. The summed E-state index contributed by atoms with van der Waals surface area (Å²) in [7, 11) is 3.74. The minimum Gasteiger partial charge on any atom is -0.307 e. The lowest BCUT2D eigenvalue weighted by atomic mass is 10.1. The Morgan fingerprint density at radius 2 is 1.76 bits per heavy atom. The summed E-state index contributed by atoms with van der Waals surface area (Å²) >= 11 is 0. The number of rotatable bonds is 3. The highest BCUT2D eigenvalue weighted by Crippen LogP contribution is 2.23. The van der Waals surface area contributed by atoms with Gasteiger partial charge < -0.3 is 5.32 Å². The van der Waals surface area contributed by atoms with Crippen LogP contribution in [0, 0.1) is 0 Å². The zero-order valence-corrected chi connectivity index (χ0v) is 15.9. The van der Waals surface area contributed by atoms with E-state index in [4.69, 9.17) is 0 Å². The number of hydrogen-bond acceptors (Lipinski definition) is 5. The van der Waals surface area contributed by atoms with Gasteiger partial charge in [-0.25, -0.2) is 4.98 Å². The quantitative estimate of drug-likeness (QED) is 0.517. The van der Waals surface area contributed by atoms with Crippen molar-refractivity contribution in [3.8, 4) is 11.3 Å². The Hall–Kier alpha value is -4.07. The van der Waals surface area contributed by atoms with E-state index in [1.165, 1.54) is 0 Å². The number of hydrogen-bond donors (Lipinski definition) is 1. The maximum Gasteiger partial charge on any atom is 0.256 e. The number of aromatic nitrogens is 6. The van der Waals surface area contributed by atoms with Gasteiger partial charge in [-0.05, 0) is 35.7 Å². The SMILES string of the molecule is Cn1cc(-c2cc3cc(NC(=O)c4ccc5c(cnn5C)c4)ncc3cn2)cn1. The number of anilines is 1. The van der Waals surface area contributed by atoms with Crippen LogP contribution in [0.2, 0.25) is 0 Å². The third kappa shape index (κ3) is 3.10. The molecule has 4 aromatic heterocycles. The first-order valence-corrected chi connectivity index (χ1v) is 9.05. The van der Waals surface area contributed by atoms with Gasteiger partial charge in [0, 0.05) is 54.6 Å². The number of fused-ring (bicyclic) bond motifs is 2. The van der Waals surface area contributed by atoms with Crippen molar-refractivity contribution < 1.29 is 4.79 Å². The Kier molecular flexibility index (Phi) is 3.83. The first-order chi connectivity index (χ1) is 14.1. The number of nitrogens with zero attached hydrogens (tertiary/aromatic N) is 6. The van der Waals surface area contributed by atoms with Crippen LogP contribution in [-0.2, 0) is 14.1 Å². The zero-order chi connectivity index (χ0) is 20.0. The smallest absolute Gasteiger partial charge is 0.256 e. The van der Waals surface area contributed by atoms with Crippen LogP contribution in [0.4, 0.5) is 5.82 Å². The van der Waals surface area contributed by atoms with Gasteiger partial charge in [-0.3, -0.25) is 19.1 Å². The number of carbonyl (C=O) groups is 1. The van der Waals surface area contributed by atoms with Crippen molar-refractivity contribution in [2.24, 2.45) is 14.1 Å². The van der Waals surface area contributed by atoms with Gasteiger partial charge in [0.1, 0.15) is 5.82 Å². The molecule has 8 nitrogen and oxygen atoms in total. The Morgan fingerprint density at radius 3 is 2.59 bits per heavy atom. The van der Waals surface area contributed by atoms with Gasteiger partial charge in [-0.2, -0.15) is 10.2 Å². The zero-order valence-electron chi connectivity index (χ0n) is 15.9. The molecule has 0 spiro atoms. The van der Waals surface area contributed by atoms with Crippen LogP contribution >= 0.6 is 0 Å². The highest BCUT2D eigenvalue weighted by Gasteiger charge is 2.11. The fraction of sp³-hybridized carbons (Fsp3) is 0.0952. The molecular formula is C21H17N7O. The lowest BCUT2D eigenvalue weighted by Gasteiger charge is -2.07. The molecule has 0 fully saturated rings. The molecule has 142 valence electrons. The van der Waals surface area contributed by atoms with E-state index < -0.39 is 0 Å². The fourth-order valence-corrected chi connectivity index (χ4v) is 3.31. The summed E-state index contributed by atoms with van der Waals surface area (Å²) in [5.74, 6) is 0.265. The average Bonchev–Trinajstić information content (AvgIpc) is 3.33. The highest BCUT2D eigenvalue weighted by molar-refractivity contribution is 6.06. The van der Waals surface area contributed by atoms with E-state index in [1.807, 2.05) is 44.6 Å². The molecule has 5 aromatic rings. The van der Waals surface area contributed by atoms with Gasteiger partial charge in [-0.15, -0.1) is 0 Å². The molecule has 0 aliphatic rings. The highest BCUT2D eigenvalue weighted by atomic mass is 16.1. The predicted octanol–water partition coefficient (Wildman–Crippen LogP) is 3.17. The number of amides is 1. The first-order valence-electron chi connectivity index (χ1n) is 9.05. The third-order valence-electron chi connectivity index (χ3n) is 4.85. The average molecular weight is 383 g/mol. The molecule has 0 unspecified atom stereocenters. The van der Waals surface area contributed by atoms with E-state index in [9.17, 15) is 4.79 Å². The molecule has 0 aliphatic heterocycles. The normalized spacial score (nSPS) is 11.2. The molecule has 1 aromatic carbocycles. The molecule has 0 bridgehead atoms. The second kappa shape index (κ2) is 6.52. The van der Waals surface area contributed by atoms with Crippen LogP contribution in [-0.4, -0.2) is 35.4 Å². The molecule has 1 N–H and O–H groups in total. The van der Waals surface area contributed by atoms with Crippen LogP contribution in [0.15, 0.2) is 61.3 Å². The van der Waals surface area contributed by atoms with Crippen molar-refractivity contribution in [2.75, 3.05) is 5.32 Å². The van der Waals surface area contributed by atoms with Gasteiger partial charge in [0.25, 0.3) is 5.91 Å². The molecule has 8 heteroatoms. The van der Waals surface area contributed by atoms with E-state index in [1.54, 1.807) is 40.2 Å². The van der Waals surface area contributed by atoms with Crippen molar-refractivity contribution >= 4 is 33.4 Å². The molecular weight excluding hydrogens is 366 g/mol. The van der Waals surface area contributed by atoms with E-state index in [2.05, 4.69) is 25.5 Å². The lowest BCUT2D eigenvalue weighted by molar-refractivity contribution is 0.102. The molecule has 29 heavy (non-hydrogen) atoms. The van der Waals surface area contributed by atoms with Gasteiger partial charge >= 0.3 is 0 Å². The van der Waals surface area contributed by atoms with Gasteiger partial charge in [0.05, 0.1) is 23.6 Å². The Labute approximate surface area is 165 Å². The second-order valence-corrected chi connectivity index (χ2v) is 6.88. The minimum absolute atomic E-state index is 0.218. The molecule has 0 radical (unpaired) electrons. The van der Waals surface area contributed by atoms with Crippen LogP contribution in [0.5, 0.6) is 0 Å². The van der Waals surface area contributed by atoms with E-state index in [-0.39, 0.29) is 5.91 Å². The van der Waals surface area contributed by atoms with Crippen molar-refractivity contribution in [2.45, 2.75) is 0 Å². The van der Waals surface area contributed by atoms with Crippen molar-refractivity contribution in [1.82, 2.24) is 29.5 Å². The monoisotopic (exact) mass is 383 g/mol. The maximum absolute atomic E-state index is 12.7. The summed E-state index contributed by atoms with van der Waals surface area (Å²) in [5, 5.41) is 14.0. The van der Waals surface area contributed by atoms with E-state index in [0.717, 1.165) is 32.9 Å². The Bertz CT molecular complexity index is 1380. The van der Waals surface area contributed by atoms with E-state index >= 15 is 0 Å². The predicted molar refractivity (Wildman–Crippen MR) is 110 cm³/mol. The standard InChI is InChI=1S/C21H17N7O/c1-27-12-17(11-24-27)18-6-14-7-20(23-9-16(14)8-22-18)26-21(29)13-3-4-19-15(5-13)10-25-28(19)2/h3-12H,1-2H3,(H,23,26,29). The third-order valence-corrected chi connectivity index (χ3v) is 4.85. The lowest BCUT2D eigenvalue weighted by Crippen LogP contribution is -2.12. The fourth-order valence-electron chi connectivity index (χ4n) is 3.31. The van der Waals surface area contributed by atoms with Crippen LogP contribution in [0.3, 0.4) is 0 Å². The molecule has 0 saturated carbocycles. The van der Waals surface area contributed by atoms with Crippen molar-refractivity contribution in [3.63, 3.8) is 0 Å². The largest absolute Gasteiger partial charge is 0.307 e. The number of benzene rings is 1. The van der Waals surface area contributed by atoms with Crippen molar-refractivity contribution in [3.05, 3.63) is 66.9 Å². The van der Waals surface area contributed by atoms with Crippen molar-refractivity contribution in [1.29, 1.82) is 0 Å². The molecule has 4 heterocycles. The molecule has 0 atom stereocenters. The summed E-state index contributed by atoms with van der Waals surface area (Å²) in [4.78, 5) is 21.5. The van der Waals surface area contributed by atoms with Gasteiger partial charge in [0.15, 0.2) is 0 Å². The summed E-state index contributed by atoms with van der Waals surface area (Å²) in [6, 6.07) is 9.30. The summed E-state index contributed by atoms with van der Waals surface area (Å²) in [6.45, 7) is 0. The number of carbonyl (C=O) groups excluding carboxylic acids is 1.